The fourth-order valence-corrected chi connectivity index (χ4v) is 2.52. The third-order valence-corrected chi connectivity index (χ3v) is 4.15. The maximum Gasteiger partial charge on any atom is 0.0952 e. The maximum absolute atomic E-state index is 9.73. The van der Waals surface area contributed by atoms with Gasteiger partial charge >= 0.3 is 0 Å². The molecule has 1 aromatic carbocycles. The van der Waals surface area contributed by atoms with Gasteiger partial charge in [0.1, 0.15) is 0 Å². The number of nitrogens with zero attached hydrogens (tertiary/aromatic N) is 1. The SMILES string of the molecule is CC[C@@H](O)CN1CCOC(c2ccc(Cl)c(Cl)c2)C1. The molecular weight excluding hydrogens is 285 g/mol. The first kappa shape index (κ1) is 15.1. The second-order valence-electron chi connectivity index (χ2n) is 4.85. The van der Waals surface area contributed by atoms with Crippen LogP contribution in [0.4, 0.5) is 0 Å². The minimum Gasteiger partial charge on any atom is -0.392 e. The van der Waals surface area contributed by atoms with Crippen LogP contribution in [0.5, 0.6) is 0 Å². The van der Waals surface area contributed by atoms with Crippen LogP contribution < -0.4 is 0 Å². The molecule has 1 aliphatic rings. The molecule has 0 saturated carbocycles. The summed E-state index contributed by atoms with van der Waals surface area (Å²) in [5, 5.41) is 10.8. The van der Waals surface area contributed by atoms with E-state index in [-0.39, 0.29) is 12.2 Å². The van der Waals surface area contributed by atoms with Crippen molar-refractivity contribution in [2.24, 2.45) is 0 Å². The Balaban J connectivity index is 2.02. The molecule has 5 heteroatoms. The molecule has 1 saturated heterocycles. The van der Waals surface area contributed by atoms with Crippen LogP contribution in [0.3, 0.4) is 0 Å². The summed E-state index contributed by atoms with van der Waals surface area (Å²) < 4.78 is 5.78. The smallest absolute Gasteiger partial charge is 0.0952 e. The zero-order chi connectivity index (χ0) is 13.8. The molecular formula is C14H19Cl2NO2. The van der Waals surface area contributed by atoms with Gasteiger partial charge in [0.25, 0.3) is 0 Å². The van der Waals surface area contributed by atoms with E-state index in [0.29, 0.717) is 23.2 Å². The molecule has 1 aromatic rings. The van der Waals surface area contributed by atoms with Crippen molar-refractivity contribution >= 4 is 23.2 Å². The lowest BCUT2D eigenvalue weighted by molar-refractivity contribution is -0.0422. The third kappa shape index (κ3) is 4.07. The first-order chi connectivity index (χ1) is 9.10. The van der Waals surface area contributed by atoms with E-state index >= 15 is 0 Å². The van der Waals surface area contributed by atoms with Crippen molar-refractivity contribution < 1.29 is 9.84 Å². The van der Waals surface area contributed by atoms with Crippen LogP contribution in [0.2, 0.25) is 10.0 Å². The number of halogens is 2. The van der Waals surface area contributed by atoms with E-state index in [9.17, 15) is 5.11 Å². The van der Waals surface area contributed by atoms with Gasteiger partial charge in [-0.25, -0.2) is 0 Å². The number of ether oxygens (including phenoxy) is 1. The number of hydrogen-bond acceptors (Lipinski definition) is 3. The highest BCUT2D eigenvalue weighted by Crippen LogP contribution is 2.29. The van der Waals surface area contributed by atoms with Crippen molar-refractivity contribution in [3.05, 3.63) is 33.8 Å². The first-order valence-corrected chi connectivity index (χ1v) is 7.32. The molecule has 2 rings (SSSR count). The van der Waals surface area contributed by atoms with E-state index in [2.05, 4.69) is 4.90 Å². The Morgan fingerprint density at radius 2 is 2.21 bits per heavy atom. The van der Waals surface area contributed by atoms with Gasteiger partial charge < -0.3 is 9.84 Å². The quantitative estimate of drug-likeness (QED) is 0.927. The molecule has 0 radical (unpaired) electrons. The number of hydrogen-bond donors (Lipinski definition) is 1. The summed E-state index contributed by atoms with van der Waals surface area (Å²) in [5.74, 6) is 0. The summed E-state index contributed by atoms with van der Waals surface area (Å²) in [7, 11) is 0. The van der Waals surface area contributed by atoms with Crippen molar-refractivity contribution in [3.8, 4) is 0 Å². The van der Waals surface area contributed by atoms with E-state index in [1.165, 1.54) is 0 Å². The molecule has 1 heterocycles. The van der Waals surface area contributed by atoms with Crippen molar-refractivity contribution in [3.63, 3.8) is 0 Å². The maximum atomic E-state index is 9.73. The number of morpholine rings is 1. The van der Waals surface area contributed by atoms with Gasteiger partial charge in [0, 0.05) is 19.6 Å². The zero-order valence-electron chi connectivity index (χ0n) is 11.0. The highest BCUT2D eigenvalue weighted by molar-refractivity contribution is 6.42. The van der Waals surface area contributed by atoms with Crippen LogP contribution in [-0.4, -0.2) is 42.4 Å². The van der Waals surface area contributed by atoms with Gasteiger partial charge in [-0.15, -0.1) is 0 Å². The Bertz CT molecular complexity index is 428. The molecule has 1 fully saturated rings. The van der Waals surface area contributed by atoms with Gasteiger partial charge in [0.15, 0.2) is 0 Å². The summed E-state index contributed by atoms with van der Waals surface area (Å²) in [6.07, 6.45) is 0.495. The normalized spacial score (nSPS) is 22.4. The van der Waals surface area contributed by atoms with Gasteiger partial charge in [-0.05, 0) is 24.1 Å². The highest BCUT2D eigenvalue weighted by Gasteiger charge is 2.23. The van der Waals surface area contributed by atoms with Crippen molar-refractivity contribution in [1.29, 1.82) is 0 Å². The zero-order valence-corrected chi connectivity index (χ0v) is 12.5. The van der Waals surface area contributed by atoms with Gasteiger partial charge in [-0.1, -0.05) is 36.2 Å². The van der Waals surface area contributed by atoms with E-state index < -0.39 is 0 Å². The molecule has 0 amide bonds. The lowest BCUT2D eigenvalue weighted by atomic mass is 10.1. The molecule has 1 aliphatic heterocycles. The average molecular weight is 304 g/mol. The highest BCUT2D eigenvalue weighted by atomic mass is 35.5. The Morgan fingerprint density at radius 3 is 2.89 bits per heavy atom. The molecule has 19 heavy (non-hydrogen) atoms. The minimum atomic E-state index is -0.271. The fourth-order valence-electron chi connectivity index (χ4n) is 2.21. The van der Waals surface area contributed by atoms with E-state index in [4.69, 9.17) is 27.9 Å². The van der Waals surface area contributed by atoms with Crippen LogP contribution in [0, 0.1) is 0 Å². The summed E-state index contributed by atoms with van der Waals surface area (Å²) >= 11 is 12.0. The average Bonchev–Trinajstić information content (AvgIpc) is 2.42. The molecule has 1 unspecified atom stereocenters. The molecule has 0 aliphatic carbocycles. The van der Waals surface area contributed by atoms with Crippen LogP contribution in [0.15, 0.2) is 18.2 Å². The lowest BCUT2D eigenvalue weighted by Gasteiger charge is -2.34. The number of rotatable bonds is 4. The van der Waals surface area contributed by atoms with Crippen LogP contribution in [0.1, 0.15) is 25.0 Å². The number of aliphatic hydroxyl groups is 1. The Kier molecular flexibility index (Phi) is 5.48. The van der Waals surface area contributed by atoms with E-state index in [1.807, 2.05) is 19.1 Å². The van der Waals surface area contributed by atoms with Crippen LogP contribution in [0.25, 0.3) is 0 Å². The molecule has 0 bridgehead atoms. The summed E-state index contributed by atoms with van der Waals surface area (Å²) in [6, 6.07) is 5.59. The molecule has 3 nitrogen and oxygen atoms in total. The van der Waals surface area contributed by atoms with E-state index in [0.717, 1.165) is 25.1 Å². The Labute approximate surface area is 124 Å². The molecule has 1 N–H and O–H groups in total. The van der Waals surface area contributed by atoms with Gasteiger partial charge in [-0.2, -0.15) is 0 Å². The van der Waals surface area contributed by atoms with Gasteiger partial charge in [0.05, 0.1) is 28.9 Å². The number of aliphatic hydroxyl groups excluding tert-OH is 1. The number of benzene rings is 1. The second kappa shape index (κ2) is 6.91. The second-order valence-corrected chi connectivity index (χ2v) is 5.67. The summed E-state index contributed by atoms with van der Waals surface area (Å²) in [6.45, 7) is 4.98. The molecule has 106 valence electrons. The van der Waals surface area contributed by atoms with Crippen molar-refractivity contribution in [1.82, 2.24) is 4.90 Å². The summed E-state index contributed by atoms with van der Waals surface area (Å²) in [4.78, 5) is 2.23. The van der Waals surface area contributed by atoms with Gasteiger partial charge in [-0.3, -0.25) is 4.90 Å². The monoisotopic (exact) mass is 303 g/mol. The summed E-state index contributed by atoms with van der Waals surface area (Å²) in [5.41, 5.74) is 1.03. The first-order valence-electron chi connectivity index (χ1n) is 6.57. The fraction of sp³-hybridized carbons (Fsp3) is 0.571. The van der Waals surface area contributed by atoms with Crippen molar-refractivity contribution in [2.45, 2.75) is 25.6 Å². The largest absolute Gasteiger partial charge is 0.392 e. The molecule has 0 spiro atoms. The topological polar surface area (TPSA) is 32.7 Å². The predicted octanol–water partition coefficient (Wildman–Crippen LogP) is 3.14. The van der Waals surface area contributed by atoms with Crippen molar-refractivity contribution in [2.75, 3.05) is 26.2 Å². The molecule has 0 aromatic heterocycles. The third-order valence-electron chi connectivity index (χ3n) is 3.41. The van der Waals surface area contributed by atoms with Gasteiger partial charge in [0.2, 0.25) is 0 Å². The Hall–Kier alpha value is -0.320. The number of β-amino-alcohol motifs (C(OH)–C–C–N with tert-alkyl or cyclic N) is 1. The standard InChI is InChI=1S/C14H19Cl2NO2/c1-2-11(18)8-17-5-6-19-14(9-17)10-3-4-12(15)13(16)7-10/h3-4,7,11,14,18H,2,5-6,8-9H2,1H3/t11-,14?/m1/s1. The van der Waals surface area contributed by atoms with Crippen LogP contribution >= 0.6 is 23.2 Å². The van der Waals surface area contributed by atoms with Crippen LogP contribution in [-0.2, 0) is 4.74 Å². The molecule has 2 atom stereocenters. The predicted molar refractivity (Wildman–Crippen MR) is 77.9 cm³/mol. The Morgan fingerprint density at radius 1 is 1.42 bits per heavy atom. The lowest BCUT2D eigenvalue weighted by Crippen LogP contribution is -2.42. The minimum absolute atomic E-state index is 0.00688. The van der Waals surface area contributed by atoms with E-state index in [1.54, 1.807) is 6.07 Å².